The molecule has 1 heterocycles. The Bertz CT molecular complexity index is 908. The van der Waals surface area contributed by atoms with Crippen molar-refractivity contribution < 1.29 is 9.18 Å². The molecule has 3 aromatic rings. The minimum absolute atomic E-state index is 0.0423. The first kappa shape index (κ1) is 17.1. The van der Waals surface area contributed by atoms with Crippen molar-refractivity contribution in [2.24, 2.45) is 0 Å². The minimum Gasteiger partial charge on any atom is -0.343 e. The van der Waals surface area contributed by atoms with Crippen LogP contribution in [0.1, 0.15) is 35.0 Å². The van der Waals surface area contributed by atoms with E-state index in [9.17, 15) is 9.18 Å². The first-order valence-corrected chi connectivity index (χ1v) is 8.08. The number of hydrogen-bond acceptors (Lipinski definition) is 3. The molecule has 0 bridgehead atoms. The van der Waals surface area contributed by atoms with Crippen LogP contribution in [0.25, 0.3) is 5.69 Å². The number of aryl methyl sites for hydroxylation is 1. The molecule has 1 N–H and O–H groups in total. The van der Waals surface area contributed by atoms with E-state index in [2.05, 4.69) is 15.4 Å². The summed E-state index contributed by atoms with van der Waals surface area (Å²) in [5, 5.41) is 7.63. The summed E-state index contributed by atoms with van der Waals surface area (Å²) < 4.78 is 14.5. The van der Waals surface area contributed by atoms with Crippen molar-refractivity contribution >= 4 is 17.5 Å². The highest BCUT2D eigenvalue weighted by atomic mass is 35.5. The Morgan fingerprint density at radius 1 is 1.20 bits per heavy atom. The third-order valence-electron chi connectivity index (χ3n) is 3.76. The van der Waals surface area contributed by atoms with Gasteiger partial charge in [0.15, 0.2) is 0 Å². The average molecular weight is 359 g/mol. The van der Waals surface area contributed by atoms with Gasteiger partial charge in [-0.2, -0.15) is 0 Å². The smallest absolute Gasteiger partial charge is 0.291 e. The highest BCUT2D eigenvalue weighted by Crippen LogP contribution is 2.22. The van der Waals surface area contributed by atoms with Crippen molar-refractivity contribution in [2.75, 3.05) is 0 Å². The molecule has 1 amide bonds. The van der Waals surface area contributed by atoms with E-state index < -0.39 is 5.91 Å². The van der Waals surface area contributed by atoms with E-state index in [4.69, 9.17) is 11.6 Å². The molecule has 0 spiro atoms. The second-order valence-corrected chi connectivity index (χ2v) is 5.99. The highest BCUT2D eigenvalue weighted by Gasteiger charge is 2.19. The lowest BCUT2D eigenvalue weighted by Gasteiger charge is -2.14. The molecule has 0 saturated carbocycles. The summed E-state index contributed by atoms with van der Waals surface area (Å²) in [5.41, 5.74) is 1.44. The van der Waals surface area contributed by atoms with Crippen LogP contribution in [-0.4, -0.2) is 20.7 Å². The van der Waals surface area contributed by atoms with Crippen LogP contribution in [0, 0.1) is 12.7 Å². The largest absolute Gasteiger partial charge is 0.343 e. The van der Waals surface area contributed by atoms with E-state index in [0.29, 0.717) is 16.5 Å². The summed E-state index contributed by atoms with van der Waals surface area (Å²) in [5.74, 6) is -0.174. The van der Waals surface area contributed by atoms with Gasteiger partial charge in [-0.1, -0.05) is 29.8 Å². The third-order valence-corrected chi connectivity index (χ3v) is 4.11. The summed E-state index contributed by atoms with van der Waals surface area (Å²) in [6.45, 7) is 3.56. The second-order valence-electron chi connectivity index (χ2n) is 5.59. The number of benzene rings is 2. The predicted molar refractivity (Wildman–Crippen MR) is 93.4 cm³/mol. The van der Waals surface area contributed by atoms with Crippen molar-refractivity contribution in [3.05, 3.63) is 76.6 Å². The summed E-state index contributed by atoms with van der Waals surface area (Å²) in [6.07, 6.45) is 0. The fourth-order valence-electron chi connectivity index (χ4n) is 2.48. The Labute approximate surface area is 149 Å². The fourth-order valence-corrected chi connectivity index (χ4v) is 2.78. The Balaban J connectivity index is 1.80. The van der Waals surface area contributed by atoms with Gasteiger partial charge in [0.05, 0.1) is 11.7 Å². The van der Waals surface area contributed by atoms with Gasteiger partial charge in [0.25, 0.3) is 5.91 Å². The Morgan fingerprint density at radius 2 is 1.88 bits per heavy atom. The second kappa shape index (κ2) is 7.03. The number of amides is 1. The van der Waals surface area contributed by atoms with E-state index in [0.717, 1.165) is 5.56 Å². The number of rotatable bonds is 4. The number of aromatic nitrogens is 3. The number of carbonyl (C=O) groups is 1. The van der Waals surface area contributed by atoms with Gasteiger partial charge in [0, 0.05) is 5.02 Å². The number of nitrogens with one attached hydrogen (secondary N) is 1. The molecular formula is C18H16ClFN4O. The van der Waals surface area contributed by atoms with Crippen LogP contribution >= 0.6 is 11.6 Å². The van der Waals surface area contributed by atoms with E-state index in [-0.39, 0.29) is 17.7 Å². The van der Waals surface area contributed by atoms with Crippen LogP contribution in [0.5, 0.6) is 0 Å². The molecule has 0 aliphatic heterocycles. The molecule has 0 saturated heterocycles. The zero-order chi connectivity index (χ0) is 18.0. The topological polar surface area (TPSA) is 59.8 Å². The molecule has 0 aliphatic rings. The predicted octanol–water partition coefficient (Wildman–Crippen LogP) is 3.86. The van der Waals surface area contributed by atoms with Crippen molar-refractivity contribution in [3.63, 3.8) is 0 Å². The molecule has 2 aromatic carbocycles. The highest BCUT2D eigenvalue weighted by molar-refractivity contribution is 6.31. The average Bonchev–Trinajstić information content (AvgIpc) is 2.98. The molecule has 128 valence electrons. The van der Waals surface area contributed by atoms with E-state index >= 15 is 0 Å². The SMILES string of the molecule is Cc1nc(C(=O)NC(C)c2ccccc2Cl)nn1-c1ccc(F)cc1. The maximum atomic E-state index is 13.1. The molecule has 25 heavy (non-hydrogen) atoms. The molecule has 1 atom stereocenters. The number of halogens is 2. The summed E-state index contributed by atoms with van der Waals surface area (Å²) in [7, 11) is 0. The first-order chi connectivity index (χ1) is 12.0. The lowest BCUT2D eigenvalue weighted by atomic mass is 10.1. The standard InChI is InChI=1S/C18H16ClFN4O/c1-11(15-5-3-4-6-16(15)19)21-18(25)17-22-12(2)24(23-17)14-9-7-13(20)8-10-14/h3-11H,1-2H3,(H,21,25). The lowest BCUT2D eigenvalue weighted by molar-refractivity contribution is 0.0929. The number of hydrogen-bond donors (Lipinski definition) is 1. The van der Waals surface area contributed by atoms with Crippen LogP contribution in [-0.2, 0) is 0 Å². The van der Waals surface area contributed by atoms with E-state index in [1.54, 1.807) is 25.1 Å². The molecule has 1 unspecified atom stereocenters. The van der Waals surface area contributed by atoms with Gasteiger partial charge >= 0.3 is 0 Å². The van der Waals surface area contributed by atoms with Crippen molar-refractivity contribution in [2.45, 2.75) is 19.9 Å². The van der Waals surface area contributed by atoms with Crippen LogP contribution in [0.2, 0.25) is 5.02 Å². The molecule has 1 aromatic heterocycles. The Kier molecular flexibility index (Phi) is 4.81. The van der Waals surface area contributed by atoms with Gasteiger partial charge in [0.2, 0.25) is 5.82 Å². The van der Waals surface area contributed by atoms with Crippen molar-refractivity contribution in [3.8, 4) is 5.69 Å². The minimum atomic E-state index is -0.406. The van der Waals surface area contributed by atoms with Gasteiger partial charge in [-0.15, -0.1) is 5.10 Å². The molecule has 0 radical (unpaired) electrons. The first-order valence-electron chi connectivity index (χ1n) is 7.70. The van der Waals surface area contributed by atoms with Crippen LogP contribution < -0.4 is 5.32 Å². The molecule has 0 fully saturated rings. The zero-order valence-corrected chi connectivity index (χ0v) is 14.5. The van der Waals surface area contributed by atoms with Crippen molar-refractivity contribution in [1.29, 1.82) is 0 Å². The monoisotopic (exact) mass is 358 g/mol. The maximum absolute atomic E-state index is 13.1. The molecule has 3 rings (SSSR count). The zero-order valence-electron chi connectivity index (χ0n) is 13.7. The molecule has 7 heteroatoms. The van der Waals surface area contributed by atoms with Crippen LogP contribution in [0.3, 0.4) is 0 Å². The normalized spacial score (nSPS) is 12.0. The molecule has 0 aliphatic carbocycles. The van der Waals surface area contributed by atoms with Gasteiger partial charge in [-0.25, -0.2) is 14.1 Å². The van der Waals surface area contributed by atoms with Gasteiger partial charge < -0.3 is 5.32 Å². The molecule has 5 nitrogen and oxygen atoms in total. The number of nitrogens with zero attached hydrogens (tertiary/aromatic N) is 3. The quantitative estimate of drug-likeness (QED) is 0.770. The molecular weight excluding hydrogens is 343 g/mol. The Morgan fingerprint density at radius 3 is 2.56 bits per heavy atom. The van der Waals surface area contributed by atoms with Gasteiger partial charge in [-0.05, 0) is 49.7 Å². The Hall–Kier alpha value is -2.73. The van der Waals surface area contributed by atoms with E-state index in [1.807, 2.05) is 25.1 Å². The maximum Gasteiger partial charge on any atom is 0.291 e. The third kappa shape index (κ3) is 3.69. The fraction of sp³-hybridized carbons (Fsp3) is 0.167. The van der Waals surface area contributed by atoms with Gasteiger partial charge in [-0.3, -0.25) is 4.79 Å². The summed E-state index contributed by atoms with van der Waals surface area (Å²) in [4.78, 5) is 16.6. The van der Waals surface area contributed by atoms with Crippen LogP contribution in [0.15, 0.2) is 48.5 Å². The van der Waals surface area contributed by atoms with Crippen LogP contribution in [0.4, 0.5) is 4.39 Å². The lowest BCUT2D eigenvalue weighted by Crippen LogP contribution is -2.28. The summed E-state index contributed by atoms with van der Waals surface area (Å²) in [6, 6.07) is 12.8. The van der Waals surface area contributed by atoms with Gasteiger partial charge in [0.1, 0.15) is 11.6 Å². The van der Waals surface area contributed by atoms with E-state index in [1.165, 1.54) is 16.8 Å². The van der Waals surface area contributed by atoms with Crippen molar-refractivity contribution in [1.82, 2.24) is 20.1 Å². The summed E-state index contributed by atoms with van der Waals surface area (Å²) >= 11 is 6.15. The number of carbonyl (C=O) groups excluding carboxylic acids is 1.